The summed E-state index contributed by atoms with van der Waals surface area (Å²) in [7, 11) is 0. The lowest BCUT2D eigenvalue weighted by atomic mass is 10.1. The molecule has 96 valence electrons. The highest BCUT2D eigenvalue weighted by atomic mass is 19.1. The fourth-order valence-electron chi connectivity index (χ4n) is 2.70. The molecular formula is C15H18FNO. The molecule has 3 rings (SSSR count). The lowest BCUT2D eigenvalue weighted by Gasteiger charge is -2.14. The highest BCUT2D eigenvalue weighted by Gasteiger charge is 2.41. The molecule has 2 aromatic rings. The Bertz CT molecular complexity index is 563. The Hall–Kier alpha value is -1.35. The van der Waals surface area contributed by atoms with Crippen LogP contribution in [0.4, 0.5) is 4.39 Å². The predicted octanol–water partition coefficient (Wildman–Crippen LogP) is 3.88. The third kappa shape index (κ3) is 1.93. The maximum Gasteiger partial charge on any atom is 0.169 e. The van der Waals surface area contributed by atoms with Crippen LogP contribution >= 0.6 is 0 Å². The number of hydrogen-bond acceptors (Lipinski definition) is 2. The number of halogens is 1. The van der Waals surface area contributed by atoms with Crippen LogP contribution in [0.1, 0.15) is 32.1 Å². The first-order valence-corrected chi connectivity index (χ1v) is 6.62. The summed E-state index contributed by atoms with van der Waals surface area (Å²) < 4.78 is 19.4. The van der Waals surface area contributed by atoms with Gasteiger partial charge < -0.3 is 9.73 Å². The molecule has 3 heteroatoms. The van der Waals surface area contributed by atoms with Crippen LogP contribution < -0.4 is 5.32 Å². The topological polar surface area (TPSA) is 25.2 Å². The van der Waals surface area contributed by atoms with Gasteiger partial charge in [0.15, 0.2) is 11.4 Å². The molecule has 0 spiro atoms. The van der Waals surface area contributed by atoms with Crippen molar-refractivity contribution in [2.45, 2.75) is 26.3 Å². The molecule has 2 nitrogen and oxygen atoms in total. The van der Waals surface area contributed by atoms with Gasteiger partial charge >= 0.3 is 0 Å². The first kappa shape index (κ1) is 11.7. The van der Waals surface area contributed by atoms with Crippen LogP contribution in [-0.4, -0.2) is 6.54 Å². The highest BCUT2D eigenvalue weighted by molar-refractivity contribution is 5.78. The standard InChI is InChI=1S/C15H18FNO/c1-3-17-14(11-7-9(11)2)13-8-10-5-4-6-12(16)15(10)18-13/h4-6,8-9,11,14,17H,3,7H2,1-2H3. The molecule has 1 saturated carbocycles. The van der Waals surface area contributed by atoms with Gasteiger partial charge in [0, 0.05) is 5.39 Å². The summed E-state index contributed by atoms with van der Waals surface area (Å²) in [4.78, 5) is 0. The SMILES string of the molecule is CCNC(c1cc2cccc(F)c2o1)C1CC1C. The fourth-order valence-corrected chi connectivity index (χ4v) is 2.70. The van der Waals surface area contributed by atoms with E-state index in [0.29, 0.717) is 11.5 Å². The minimum absolute atomic E-state index is 0.219. The molecule has 18 heavy (non-hydrogen) atoms. The van der Waals surface area contributed by atoms with Gasteiger partial charge in [0.05, 0.1) is 6.04 Å². The average molecular weight is 247 g/mol. The zero-order valence-corrected chi connectivity index (χ0v) is 10.7. The minimum atomic E-state index is -0.280. The highest BCUT2D eigenvalue weighted by Crippen LogP contribution is 2.47. The van der Waals surface area contributed by atoms with E-state index in [9.17, 15) is 4.39 Å². The van der Waals surface area contributed by atoms with E-state index < -0.39 is 0 Å². The first-order chi connectivity index (χ1) is 8.70. The first-order valence-electron chi connectivity index (χ1n) is 6.62. The summed E-state index contributed by atoms with van der Waals surface area (Å²) in [6.07, 6.45) is 1.22. The van der Waals surface area contributed by atoms with Gasteiger partial charge in [-0.15, -0.1) is 0 Å². The van der Waals surface area contributed by atoms with Crippen molar-refractivity contribution in [3.05, 3.63) is 35.8 Å². The maximum absolute atomic E-state index is 13.6. The number of rotatable bonds is 4. The molecule has 1 heterocycles. The largest absolute Gasteiger partial charge is 0.456 e. The Labute approximate surface area is 106 Å². The van der Waals surface area contributed by atoms with Crippen LogP contribution in [0.3, 0.4) is 0 Å². The molecule has 0 radical (unpaired) electrons. The maximum atomic E-state index is 13.6. The second-order valence-corrected chi connectivity index (χ2v) is 5.22. The molecule has 1 fully saturated rings. The van der Waals surface area contributed by atoms with Crippen LogP contribution in [0, 0.1) is 17.7 Å². The molecule has 0 bridgehead atoms. The Balaban J connectivity index is 1.98. The van der Waals surface area contributed by atoms with E-state index in [0.717, 1.165) is 23.6 Å². The molecule has 0 saturated heterocycles. The summed E-state index contributed by atoms with van der Waals surface area (Å²) in [5.41, 5.74) is 0.378. The molecule has 0 amide bonds. The van der Waals surface area contributed by atoms with Crippen molar-refractivity contribution in [3.63, 3.8) is 0 Å². The summed E-state index contributed by atoms with van der Waals surface area (Å²) in [6.45, 7) is 5.23. The van der Waals surface area contributed by atoms with Gasteiger partial charge in [0.2, 0.25) is 0 Å². The molecule has 1 aliphatic rings. The monoisotopic (exact) mass is 247 g/mol. The fraction of sp³-hybridized carbons (Fsp3) is 0.467. The normalized spacial score (nSPS) is 24.4. The second kappa shape index (κ2) is 4.39. The average Bonchev–Trinajstić information content (AvgIpc) is 2.91. The number of fused-ring (bicyclic) bond motifs is 1. The van der Waals surface area contributed by atoms with Gasteiger partial charge in [-0.1, -0.05) is 26.0 Å². The van der Waals surface area contributed by atoms with E-state index in [1.54, 1.807) is 6.07 Å². The Morgan fingerprint density at radius 1 is 1.50 bits per heavy atom. The van der Waals surface area contributed by atoms with Gasteiger partial charge in [-0.05, 0) is 36.9 Å². The Kier molecular flexibility index (Phi) is 2.86. The van der Waals surface area contributed by atoms with Crippen LogP contribution in [0.25, 0.3) is 11.0 Å². The lowest BCUT2D eigenvalue weighted by molar-refractivity contribution is 0.388. The van der Waals surface area contributed by atoms with E-state index in [2.05, 4.69) is 19.2 Å². The summed E-state index contributed by atoms with van der Waals surface area (Å²) in [5, 5.41) is 4.30. The third-order valence-corrected chi connectivity index (χ3v) is 3.85. The lowest BCUT2D eigenvalue weighted by Crippen LogP contribution is -2.22. The number of furan rings is 1. The van der Waals surface area contributed by atoms with E-state index in [4.69, 9.17) is 4.42 Å². The van der Waals surface area contributed by atoms with Crippen LogP contribution in [-0.2, 0) is 0 Å². The Morgan fingerprint density at radius 2 is 2.28 bits per heavy atom. The molecular weight excluding hydrogens is 229 g/mol. The minimum Gasteiger partial charge on any atom is -0.456 e. The van der Waals surface area contributed by atoms with Crippen LogP contribution in [0.2, 0.25) is 0 Å². The van der Waals surface area contributed by atoms with Crippen molar-refractivity contribution in [2.75, 3.05) is 6.54 Å². The van der Waals surface area contributed by atoms with E-state index in [1.165, 1.54) is 12.5 Å². The van der Waals surface area contributed by atoms with E-state index >= 15 is 0 Å². The summed E-state index contributed by atoms with van der Waals surface area (Å²) in [6, 6.07) is 7.25. The van der Waals surface area contributed by atoms with Crippen molar-refractivity contribution in [3.8, 4) is 0 Å². The van der Waals surface area contributed by atoms with Gasteiger partial charge in [0.25, 0.3) is 0 Å². The van der Waals surface area contributed by atoms with Gasteiger partial charge in [-0.2, -0.15) is 0 Å². The molecule has 3 atom stereocenters. The number of hydrogen-bond donors (Lipinski definition) is 1. The van der Waals surface area contributed by atoms with Crippen molar-refractivity contribution in [1.82, 2.24) is 5.32 Å². The Morgan fingerprint density at radius 3 is 2.89 bits per heavy atom. The van der Waals surface area contributed by atoms with Crippen molar-refractivity contribution < 1.29 is 8.81 Å². The zero-order valence-electron chi connectivity index (χ0n) is 10.7. The van der Waals surface area contributed by atoms with Crippen molar-refractivity contribution in [2.24, 2.45) is 11.8 Å². The quantitative estimate of drug-likeness (QED) is 0.887. The van der Waals surface area contributed by atoms with Crippen LogP contribution in [0.15, 0.2) is 28.7 Å². The summed E-state index contributed by atoms with van der Waals surface area (Å²) >= 11 is 0. The van der Waals surface area contributed by atoms with Gasteiger partial charge in [-0.25, -0.2) is 4.39 Å². The molecule has 1 aromatic heterocycles. The third-order valence-electron chi connectivity index (χ3n) is 3.85. The number of nitrogens with one attached hydrogen (secondary N) is 1. The van der Waals surface area contributed by atoms with Crippen molar-refractivity contribution >= 4 is 11.0 Å². The smallest absolute Gasteiger partial charge is 0.169 e. The number of benzene rings is 1. The molecule has 1 aromatic carbocycles. The van der Waals surface area contributed by atoms with Gasteiger partial charge in [0.1, 0.15) is 5.76 Å². The van der Waals surface area contributed by atoms with Gasteiger partial charge in [-0.3, -0.25) is 0 Å². The summed E-state index contributed by atoms with van der Waals surface area (Å²) in [5.74, 6) is 1.94. The molecule has 1 N–H and O–H groups in total. The second-order valence-electron chi connectivity index (χ2n) is 5.22. The van der Waals surface area contributed by atoms with E-state index in [-0.39, 0.29) is 11.9 Å². The van der Waals surface area contributed by atoms with E-state index in [1.807, 2.05) is 12.1 Å². The molecule has 0 aliphatic heterocycles. The zero-order chi connectivity index (χ0) is 12.7. The molecule has 3 unspecified atom stereocenters. The number of para-hydroxylation sites is 1. The predicted molar refractivity (Wildman–Crippen MR) is 69.9 cm³/mol. The van der Waals surface area contributed by atoms with Crippen LogP contribution in [0.5, 0.6) is 0 Å². The van der Waals surface area contributed by atoms with Crippen molar-refractivity contribution in [1.29, 1.82) is 0 Å². The molecule has 1 aliphatic carbocycles.